The van der Waals surface area contributed by atoms with Gasteiger partial charge in [-0.1, -0.05) is 107 Å². The standard InChI is InChI=1S/C26H34N2.ClH/c1-2-3-4-5-6-7-8-9-15-22-28-25-19-14-13-18-24(25)27-26(28)21-20-23-16-11-10-12-17-23;/h10-14,16-21H,2-9,15,22H2,1H3;1H. The van der Waals surface area contributed by atoms with Gasteiger partial charge < -0.3 is 4.57 Å². The van der Waals surface area contributed by atoms with Gasteiger partial charge in [-0.25, -0.2) is 4.98 Å². The van der Waals surface area contributed by atoms with Crippen LogP contribution in [0.4, 0.5) is 0 Å². The number of imidazole rings is 1. The van der Waals surface area contributed by atoms with Crippen LogP contribution >= 0.6 is 12.4 Å². The van der Waals surface area contributed by atoms with Gasteiger partial charge in [0.15, 0.2) is 0 Å². The predicted octanol–water partition coefficient (Wildman–Crippen LogP) is 8.16. The van der Waals surface area contributed by atoms with Crippen molar-refractivity contribution in [3.8, 4) is 0 Å². The zero-order chi connectivity index (χ0) is 19.4. The Kier molecular flexibility index (Phi) is 10.6. The predicted molar refractivity (Wildman–Crippen MR) is 130 cm³/mol. The second-order valence-corrected chi connectivity index (χ2v) is 7.68. The number of nitrogens with zero attached hydrogens (tertiary/aromatic N) is 2. The molecule has 1 aromatic heterocycles. The summed E-state index contributed by atoms with van der Waals surface area (Å²) in [7, 11) is 0. The second kappa shape index (κ2) is 13.2. The zero-order valence-electron chi connectivity index (χ0n) is 17.7. The number of benzene rings is 2. The first kappa shape index (κ1) is 23.2. The molecule has 0 saturated heterocycles. The Morgan fingerprint density at radius 1 is 0.724 bits per heavy atom. The molecule has 2 nitrogen and oxygen atoms in total. The average molecular weight is 411 g/mol. The number of hydrogen-bond acceptors (Lipinski definition) is 1. The number of para-hydroxylation sites is 2. The molecule has 3 rings (SSSR count). The molecular weight excluding hydrogens is 376 g/mol. The van der Waals surface area contributed by atoms with Gasteiger partial charge in [0.25, 0.3) is 0 Å². The third kappa shape index (κ3) is 7.36. The summed E-state index contributed by atoms with van der Waals surface area (Å²) < 4.78 is 2.38. The molecule has 0 aliphatic rings. The first-order valence-corrected chi connectivity index (χ1v) is 11.1. The van der Waals surface area contributed by atoms with Crippen LogP contribution in [-0.4, -0.2) is 9.55 Å². The highest BCUT2D eigenvalue weighted by Gasteiger charge is 2.07. The monoisotopic (exact) mass is 410 g/mol. The molecule has 0 aliphatic carbocycles. The van der Waals surface area contributed by atoms with Gasteiger partial charge in [0.1, 0.15) is 5.82 Å². The molecule has 0 amide bonds. The molecule has 0 unspecified atom stereocenters. The Hall–Kier alpha value is -2.06. The molecule has 1 heterocycles. The van der Waals surface area contributed by atoms with E-state index in [0.29, 0.717) is 0 Å². The van der Waals surface area contributed by atoms with E-state index in [4.69, 9.17) is 4.98 Å². The normalized spacial score (nSPS) is 11.2. The molecule has 0 fully saturated rings. The van der Waals surface area contributed by atoms with Crippen molar-refractivity contribution < 1.29 is 0 Å². The van der Waals surface area contributed by atoms with E-state index in [9.17, 15) is 0 Å². The minimum atomic E-state index is 0. The van der Waals surface area contributed by atoms with E-state index in [-0.39, 0.29) is 12.4 Å². The summed E-state index contributed by atoms with van der Waals surface area (Å²) in [5.41, 5.74) is 3.55. The molecule has 156 valence electrons. The van der Waals surface area contributed by atoms with Crippen LogP contribution in [0.2, 0.25) is 0 Å². The van der Waals surface area contributed by atoms with E-state index in [1.807, 2.05) is 0 Å². The molecule has 0 bridgehead atoms. The molecular formula is C26H35ClN2. The van der Waals surface area contributed by atoms with Crippen LogP contribution in [0.5, 0.6) is 0 Å². The Morgan fingerprint density at radius 2 is 1.34 bits per heavy atom. The van der Waals surface area contributed by atoms with Crippen molar-refractivity contribution in [1.29, 1.82) is 0 Å². The number of unbranched alkanes of at least 4 members (excludes halogenated alkanes) is 8. The van der Waals surface area contributed by atoms with E-state index < -0.39 is 0 Å². The maximum Gasteiger partial charge on any atom is 0.133 e. The first-order valence-electron chi connectivity index (χ1n) is 11.1. The van der Waals surface area contributed by atoms with Gasteiger partial charge >= 0.3 is 0 Å². The van der Waals surface area contributed by atoms with Gasteiger partial charge in [-0.2, -0.15) is 0 Å². The molecule has 29 heavy (non-hydrogen) atoms. The Morgan fingerprint density at radius 3 is 2.07 bits per heavy atom. The van der Waals surface area contributed by atoms with Gasteiger partial charge in [-0.3, -0.25) is 0 Å². The Labute approximate surface area is 182 Å². The number of rotatable bonds is 12. The maximum absolute atomic E-state index is 4.86. The summed E-state index contributed by atoms with van der Waals surface area (Å²) in [6, 6.07) is 18.9. The van der Waals surface area contributed by atoms with E-state index in [1.54, 1.807) is 0 Å². The molecule has 3 heteroatoms. The molecule has 3 aromatic rings. The second-order valence-electron chi connectivity index (χ2n) is 7.68. The molecule has 0 N–H and O–H groups in total. The number of fused-ring (bicyclic) bond motifs is 1. The van der Waals surface area contributed by atoms with Crippen molar-refractivity contribution in [2.24, 2.45) is 0 Å². The van der Waals surface area contributed by atoms with Gasteiger partial charge in [0.2, 0.25) is 0 Å². The zero-order valence-corrected chi connectivity index (χ0v) is 18.5. The van der Waals surface area contributed by atoms with Crippen LogP contribution in [0.25, 0.3) is 23.2 Å². The summed E-state index contributed by atoms with van der Waals surface area (Å²) in [5.74, 6) is 1.06. The molecule has 0 radical (unpaired) electrons. The lowest BCUT2D eigenvalue weighted by molar-refractivity contribution is 0.541. The number of aryl methyl sites for hydroxylation is 1. The van der Waals surface area contributed by atoms with E-state index in [2.05, 4.69) is 78.2 Å². The summed E-state index contributed by atoms with van der Waals surface area (Å²) >= 11 is 0. The molecule has 0 saturated carbocycles. The fraction of sp³-hybridized carbons (Fsp3) is 0.423. The van der Waals surface area contributed by atoms with Gasteiger partial charge in [-0.05, 0) is 30.2 Å². The van der Waals surface area contributed by atoms with Gasteiger partial charge in [0.05, 0.1) is 11.0 Å². The number of halogens is 1. The molecule has 0 atom stereocenters. The van der Waals surface area contributed by atoms with Crippen molar-refractivity contribution in [1.82, 2.24) is 9.55 Å². The fourth-order valence-electron chi connectivity index (χ4n) is 3.77. The van der Waals surface area contributed by atoms with Crippen molar-refractivity contribution in [2.75, 3.05) is 0 Å². The van der Waals surface area contributed by atoms with Gasteiger partial charge in [-0.15, -0.1) is 12.4 Å². The van der Waals surface area contributed by atoms with E-state index in [1.165, 1.54) is 68.9 Å². The van der Waals surface area contributed by atoms with E-state index >= 15 is 0 Å². The molecule has 2 aromatic carbocycles. The van der Waals surface area contributed by atoms with Crippen molar-refractivity contribution >= 4 is 35.6 Å². The summed E-state index contributed by atoms with van der Waals surface area (Å²) in [4.78, 5) is 4.86. The lowest BCUT2D eigenvalue weighted by Gasteiger charge is -2.07. The number of aromatic nitrogens is 2. The molecule has 0 spiro atoms. The van der Waals surface area contributed by atoms with Crippen molar-refractivity contribution in [3.63, 3.8) is 0 Å². The van der Waals surface area contributed by atoms with Crippen LogP contribution in [0, 0.1) is 0 Å². The highest BCUT2D eigenvalue weighted by Crippen LogP contribution is 2.19. The Bertz CT molecular complexity index is 852. The highest BCUT2D eigenvalue weighted by atomic mass is 35.5. The lowest BCUT2D eigenvalue weighted by atomic mass is 10.1. The lowest BCUT2D eigenvalue weighted by Crippen LogP contribution is -2.00. The smallest absolute Gasteiger partial charge is 0.133 e. The number of hydrogen-bond donors (Lipinski definition) is 0. The van der Waals surface area contributed by atoms with Crippen LogP contribution < -0.4 is 0 Å². The fourth-order valence-corrected chi connectivity index (χ4v) is 3.77. The SMILES string of the molecule is CCCCCCCCCCCn1c(C=Cc2ccccc2)nc2ccccc21.Cl. The van der Waals surface area contributed by atoms with Crippen LogP contribution in [0.3, 0.4) is 0 Å². The molecule has 0 aliphatic heterocycles. The summed E-state index contributed by atoms with van der Waals surface area (Å²) in [5, 5.41) is 0. The maximum atomic E-state index is 4.86. The quantitative estimate of drug-likeness (QED) is 0.275. The van der Waals surface area contributed by atoms with Crippen LogP contribution in [0.15, 0.2) is 54.6 Å². The minimum absolute atomic E-state index is 0. The van der Waals surface area contributed by atoms with Crippen LogP contribution in [0.1, 0.15) is 76.1 Å². The third-order valence-electron chi connectivity index (χ3n) is 5.39. The highest BCUT2D eigenvalue weighted by molar-refractivity contribution is 5.85. The van der Waals surface area contributed by atoms with Crippen molar-refractivity contribution in [3.05, 3.63) is 66.0 Å². The summed E-state index contributed by atoms with van der Waals surface area (Å²) in [6.45, 7) is 3.33. The van der Waals surface area contributed by atoms with Crippen LogP contribution in [-0.2, 0) is 6.54 Å². The minimum Gasteiger partial charge on any atom is -0.324 e. The van der Waals surface area contributed by atoms with E-state index in [0.717, 1.165) is 17.9 Å². The third-order valence-corrected chi connectivity index (χ3v) is 5.39. The average Bonchev–Trinajstić information content (AvgIpc) is 3.09. The van der Waals surface area contributed by atoms with Gasteiger partial charge in [0, 0.05) is 6.54 Å². The summed E-state index contributed by atoms with van der Waals surface area (Å²) in [6.07, 6.45) is 16.5. The first-order chi connectivity index (χ1) is 13.9. The largest absolute Gasteiger partial charge is 0.324 e. The Balaban J connectivity index is 0.00000300. The van der Waals surface area contributed by atoms with Crippen molar-refractivity contribution in [2.45, 2.75) is 71.3 Å². The topological polar surface area (TPSA) is 17.8 Å².